The molecule has 1 atom stereocenters. The van der Waals surface area contributed by atoms with E-state index in [1.165, 1.54) is 0 Å². The summed E-state index contributed by atoms with van der Waals surface area (Å²) < 4.78 is 5.16. The van der Waals surface area contributed by atoms with Crippen molar-refractivity contribution < 1.29 is 14.3 Å². The number of carbonyl (C=O) groups is 2. The van der Waals surface area contributed by atoms with Crippen molar-refractivity contribution in [3.63, 3.8) is 0 Å². The number of piperidine rings is 1. The van der Waals surface area contributed by atoms with Gasteiger partial charge in [0.2, 0.25) is 5.91 Å². The standard InChI is InChI=1S/C23H28N2O3/c1-17-7-4-5-8-20(17)21(26)25-14-6-13-23(2,16-25)22(27)24-15-18-9-11-19(28-3)12-10-18/h4-5,7-12H,6,13-16H2,1-3H3,(H,24,27)/t23-/m0/s1. The first-order valence-electron chi connectivity index (χ1n) is 9.69. The van der Waals surface area contributed by atoms with E-state index in [-0.39, 0.29) is 11.8 Å². The first-order chi connectivity index (χ1) is 13.4. The highest BCUT2D eigenvalue weighted by molar-refractivity contribution is 5.96. The Labute approximate surface area is 166 Å². The van der Waals surface area contributed by atoms with Gasteiger partial charge < -0.3 is 15.0 Å². The molecule has 5 heteroatoms. The Kier molecular flexibility index (Phi) is 6.02. The van der Waals surface area contributed by atoms with Crippen LogP contribution in [0.4, 0.5) is 0 Å². The Morgan fingerprint density at radius 2 is 1.86 bits per heavy atom. The van der Waals surface area contributed by atoms with E-state index in [0.717, 1.165) is 29.7 Å². The lowest BCUT2D eigenvalue weighted by atomic mass is 9.80. The average Bonchev–Trinajstić information content (AvgIpc) is 2.72. The molecule has 1 aliphatic rings. The molecule has 1 heterocycles. The number of hydrogen-bond donors (Lipinski definition) is 1. The second kappa shape index (κ2) is 8.46. The van der Waals surface area contributed by atoms with Crippen LogP contribution in [0.2, 0.25) is 0 Å². The molecule has 2 aromatic rings. The molecule has 0 unspecified atom stereocenters. The average molecular weight is 380 g/mol. The molecule has 0 saturated carbocycles. The summed E-state index contributed by atoms with van der Waals surface area (Å²) in [5, 5.41) is 3.04. The number of ether oxygens (including phenoxy) is 1. The Bertz CT molecular complexity index is 847. The summed E-state index contributed by atoms with van der Waals surface area (Å²) in [7, 11) is 1.63. The van der Waals surface area contributed by atoms with Crippen LogP contribution in [0.1, 0.15) is 41.3 Å². The summed E-state index contributed by atoms with van der Waals surface area (Å²) in [6, 6.07) is 15.3. The SMILES string of the molecule is COc1ccc(CNC(=O)[C@@]2(C)CCCN(C(=O)c3ccccc3C)C2)cc1. The van der Waals surface area contributed by atoms with Gasteiger partial charge in [0.25, 0.3) is 5.91 Å². The summed E-state index contributed by atoms with van der Waals surface area (Å²) in [6.45, 7) is 5.48. The summed E-state index contributed by atoms with van der Waals surface area (Å²) in [5.74, 6) is 0.789. The zero-order chi connectivity index (χ0) is 20.1. The summed E-state index contributed by atoms with van der Waals surface area (Å²) >= 11 is 0. The van der Waals surface area contributed by atoms with Gasteiger partial charge in [0.1, 0.15) is 5.75 Å². The van der Waals surface area contributed by atoms with Crippen LogP contribution >= 0.6 is 0 Å². The maximum Gasteiger partial charge on any atom is 0.254 e. The highest BCUT2D eigenvalue weighted by Crippen LogP contribution is 2.31. The lowest BCUT2D eigenvalue weighted by Gasteiger charge is -2.39. The van der Waals surface area contributed by atoms with Gasteiger partial charge in [-0.3, -0.25) is 9.59 Å². The van der Waals surface area contributed by atoms with E-state index in [9.17, 15) is 9.59 Å². The molecule has 1 aliphatic heterocycles. The van der Waals surface area contributed by atoms with Crippen LogP contribution in [0.25, 0.3) is 0 Å². The molecule has 148 valence electrons. The van der Waals surface area contributed by atoms with Crippen molar-refractivity contribution in [3.05, 3.63) is 65.2 Å². The van der Waals surface area contributed by atoms with Gasteiger partial charge in [0, 0.05) is 25.2 Å². The Morgan fingerprint density at radius 1 is 1.14 bits per heavy atom. The van der Waals surface area contributed by atoms with Crippen molar-refractivity contribution in [2.75, 3.05) is 20.2 Å². The minimum Gasteiger partial charge on any atom is -0.497 e. The number of rotatable bonds is 5. The molecule has 5 nitrogen and oxygen atoms in total. The molecule has 2 aromatic carbocycles. The maximum absolute atomic E-state index is 13.0. The fourth-order valence-electron chi connectivity index (χ4n) is 3.72. The number of hydrogen-bond acceptors (Lipinski definition) is 3. The fourth-order valence-corrected chi connectivity index (χ4v) is 3.72. The largest absolute Gasteiger partial charge is 0.497 e. The minimum atomic E-state index is -0.580. The van der Waals surface area contributed by atoms with Crippen LogP contribution in [-0.2, 0) is 11.3 Å². The van der Waals surface area contributed by atoms with Crippen LogP contribution in [0.3, 0.4) is 0 Å². The molecule has 0 aromatic heterocycles. The normalized spacial score (nSPS) is 19.2. The molecule has 0 spiro atoms. The molecular formula is C23H28N2O3. The highest BCUT2D eigenvalue weighted by Gasteiger charge is 2.39. The van der Waals surface area contributed by atoms with E-state index in [0.29, 0.717) is 25.2 Å². The molecule has 1 N–H and O–H groups in total. The molecule has 0 radical (unpaired) electrons. The van der Waals surface area contributed by atoms with Crippen LogP contribution in [0, 0.1) is 12.3 Å². The van der Waals surface area contributed by atoms with Gasteiger partial charge in [-0.25, -0.2) is 0 Å². The molecular weight excluding hydrogens is 352 g/mol. The van der Waals surface area contributed by atoms with Gasteiger partial charge in [-0.1, -0.05) is 30.3 Å². The third kappa shape index (κ3) is 4.35. The van der Waals surface area contributed by atoms with Crippen LogP contribution in [0.15, 0.2) is 48.5 Å². The van der Waals surface area contributed by atoms with Gasteiger partial charge in [-0.2, -0.15) is 0 Å². The van der Waals surface area contributed by atoms with Crippen molar-refractivity contribution >= 4 is 11.8 Å². The molecule has 0 aliphatic carbocycles. The summed E-state index contributed by atoms with van der Waals surface area (Å²) in [5.41, 5.74) is 2.11. The molecule has 28 heavy (non-hydrogen) atoms. The van der Waals surface area contributed by atoms with Gasteiger partial charge in [0.05, 0.1) is 12.5 Å². The van der Waals surface area contributed by atoms with E-state index < -0.39 is 5.41 Å². The van der Waals surface area contributed by atoms with E-state index in [4.69, 9.17) is 4.74 Å². The van der Waals surface area contributed by atoms with Crippen LogP contribution in [-0.4, -0.2) is 36.9 Å². The van der Waals surface area contributed by atoms with E-state index in [2.05, 4.69) is 5.32 Å². The maximum atomic E-state index is 13.0. The first-order valence-corrected chi connectivity index (χ1v) is 9.69. The number of likely N-dealkylation sites (tertiary alicyclic amines) is 1. The molecule has 1 fully saturated rings. The number of carbonyl (C=O) groups excluding carboxylic acids is 2. The number of aryl methyl sites for hydroxylation is 1. The van der Waals surface area contributed by atoms with Crippen molar-refractivity contribution in [2.24, 2.45) is 5.41 Å². The number of nitrogens with one attached hydrogen (secondary N) is 1. The van der Waals surface area contributed by atoms with Gasteiger partial charge in [0.15, 0.2) is 0 Å². The zero-order valence-corrected chi connectivity index (χ0v) is 16.8. The Morgan fingerprint density at radius 3 is 2.54 bits per heavy atom. The predicted molar refractivity (Wildman–Crippen MR) is 109 cm³/mol. The quantitative estimate of drug-likeness (QED) is 0.863. The molecule has 0 bridgehead atoms. The minimum absolute atomic E-state index is 0.00646. The van der Waals surface area contributed by atoms with Crippen LogP contribution in [0.5, 0.6) is 5.75 Å². The lowest BCUT2D eigenvalue weighted by Crippen LogP contribution is -2.51. The zero-order valence-electron chi connectivity index (χ0n) is 16.8. The van der Waals surface area contributed by atoms with Gasteiger partial charge in [-0.15, -0.1) is 0 Å². The Hall–Kier alpha value is -2.82. The van der Waals surface area contributed by atoms with E-state index >= 15 is 0 Å². The van der Waals surface area contributed by atoms with Crippen molar-refractivity contribution in [1.29, 1.82) is 0 Å². The van der Waals surface area contributed by atoms with Gasteiger partial charge >= 0.3 is 0 Å². The monoisotopic (exact) mass is 380 g/mol. The number of benzene rings is 2. The second-order valence-electron chi connectivity index (χ2n) is 7.74. The molecule has 3 rings (SSSR count). The summed E-state index contributed by atoms with van der Waals surface area (Å²) in [4.78, 5) is 27.7. The van der Waals surface area contributed by atoms with Crippen molar-refractivity contribution in [3.8, 4) is 5.75 Å². The third-order valence-corrected chi connectivity index (χ3v) is 5.52. The second-order valence-corrected chi connectivity index (χ2v) is 7.74. The van der Waals surface area contributed by atoms with Crippen LogP contribution < -0.4 is 10.1 Å². The number of amides is 2. The Balaban J connectivity index is 1.64. The number of nitrogens with zero attached hydrogens (tertiary/aromatic N) is 1. The smallest absolute Gasteiger partial charge is 0.254 e. The molecule has 2 amide bonds. The first kappa shape index (κ1) is 19.9. The van der Waals surface area contributed by atoms with E-state index in [1.54, 1.807) is 7.11 Å². The molecule has 1 saturated heterocycles. The van der Waals surface area contributed by atoms with E-state index in [1.807, 2.05) is 67.3 Å². The van der Waals surface area contributed by atoms with Crippen molar-refractivity contribution in [1.82, 2.24) is 10.2 Å². The predicted octanol–water partition coefficient (Wildman–Crippen LogP) is 3.56. The third-order valence-electron chi connectivity index (χ3n) is 5.52. The lowest BCUT2D eigenvalue weighted by molar-refractivity contribution is -0.132. The highest BCUT2D eigenvalue weighted by atomic mass is 16.5. The fraction of sp³-hybridized carbons (Fsp3) is 0.391. The van der Waals surface area contributed by atoms with Crippen molar-refractivity contribution in [2.45, 2.75) is 33.2 Å². The summed E-state index contributed by atoms with van der Waals surface area (Å²) in [6.07, 6.45) is 1.60. The topological polar surface area (TPSA) is 58.6 Å². The number of methoxy groups -OCH3 is 1. The van der Waals surface area contributed by atoms with Gasteiger partial charge in [-0.05, 0) is 56.0 Å².